The lowest BCUT2D eigenvalue weighted by Gasteiger charge is -2.22. The van der Waals surface area contributed by atoms with Crippen LogP contribution >= 0.6 is 0 Å². The monoisotopic (exact) mass is 276 g/mol. The zero-order valence-electron chi connectivity index (χ0n) is 12.7. The Bertz CT molecular complexity index is 478. The molecular weight excluding hydrogens is 252 g/mol. The quantitative estimate of drug-likeness (QED) is 0.919. The van der Waals surface area contributed by atoms with Crippen molar-refractivity contribution in [2.45, 2.75) is 27.2 Å². The largest absolute Gasteiger partial charge is 0.494 e. The third kappa shape index (κ3) is 3.31. The second kappa shape index (κ2) is 6.75. The van der Waals surface area contributed by atoms with E-state index < -0.39 is 0 Å². The predicted molar refractivity (Wildman–Crippen MR) is 80.5 cm³/mol. The molecule has 1 fully saturated rings. The van der Waals surface area contributed by atoms with Gasteiger partial charge in [0, 0.05) is 25.2 Å². The first kappa shape index (κ1) is 14.9. The maximum absolute atomic E-state index is 12.7. The number of nitrogens with zero attached hydrogens (tertiary/aromatic N) is 1. The highest BCUT2D eigenvalue weighted by molar-refractivity contribution is 5.96. The van der Waals surface area contributed by atoms with Gasteiger partial charge in [-0.3, -0.25) is 4.79 Å². The van der Waals surface area contributed by atoms with Crippen LogP contribution in [0.15, 0.2) is 12.1 Å². The molecule has 1 N–H and O–H groups in total. The first-order chi connectivity index (χ1) is 9.63. The molecule has 1 aliphatic heterocycles. The Labute approximate surface area is 121 Å². The Morgan fingerprint density at radius 3 is 2.80 bits per heavy atom. The molecule has 0 unspecified atom stereocenters. The van der Waals surface area contributed by atoms with E-state index in [0.29, 0.717) is 6.61 Å². The van der Waals surface area contributed by atoms with Crippen LogP contribution in [-0.4, -0.2) is 43.6 Å². The first-order valence-corrected chi connectivity index (χ1v) is 7.37. The van der Waals surface area contributed by atoms with E-state index in [0.717, 1.165) is 55.0 Å². The van der Waals surface area contributed by atoms with Crippen LogP contribution in [0.1, 0.15) is 34.8 Å². The van der Waals surface area contributed by atoms with Gasteiger partial charge >= 0.3 is 0 Å². The van der Waals surface area contributed by atoms with Crippen LogP contribution in [-0.2, 0) is 0 Å². The van der Waals surface area contributed by atoms with Gasteiger partial charge in [0.05, 0.1) is 6.61 Å². The van der Waals surface area contributed by atoms with Crippen molar-refractivity contribution in [1.29, 1.82) is 0 Å². The van der Waals surface area contributed by atoms with Crippen LogP contribution in [0, 0.1) is 13.8 Å². The summed E-state index contributed by atoms with van der Waals surface area (Å²) in [5.74, 6) is 1.01. The fraction of sp³-hybridized carbons (Fsp3) is 0.562. The molecule has 1 aliphatic rings. The van der Waals surface area contributed by atoms with Gasteiger partial charge in [0.2, 0.25) is 0 Å². The topological polar surface area (TPSA) is 41.6 Å². The summed E-state index contributed by atoms with van der Waals surface area (Å²) < 4.78 is 5.58. The summed E-state index contributed by atoms with van der Waals surface area (Å²) in [6, 6.07) is 3.93. The molecule has 0 radical (unpaired) electrons. The van der Waals surface area contributed by atoms with E-state index in [4.69, 9.17) is 4.74 Å². The number of hydrogen-bond donors (Lipinski definition) is 1. The number of hydrogen-bond acceptors (Lipinski definition) is 3. The van der Waals surface area contributed by atoms with Crippen molar-refractivity contribution < 1.29 is 9.53 Å². The van der Waals surface area contributed by atoms with Crippen molar-refractivity contribution >= 4 is 5.91 Å². The molecule has 20 heavy (non-hydrogen) atoms. The number of nitrogens with one attached hydrogen (secondary N) is 1. The highest BCUT2D eigenvalue weighted by atomic mass is 16.5. The summed E-state index contributed by atoms with van der Waals surface area (Å²) >= 11 is 0. The molecule has 0 aromatic heterocycles. The second-order valence-corrected chi connectivity index (χ2v) is 5.26. The molecule has 1 heterocycles. The van der Waals surface area contributed by atoms with Crippen LogP contribution in [0.5, 0.6) is 5.75 Å². The maximum atomic E-state index is 12.7. The third-order valence-electron chi connectivity index (χ3n) is 3.68. The summed E-state index contributed by atoms with van der Waals surface area (Å²) in [6.07, 6.45) is 1.01. The van der Waals surface area contributed by atoms with E-state index in [1.807, 2.05) is 37.8 Å². The minimum absolute atomic E-state index is 0.136. The number of carbonyl (C=O) groups excluding carboxylic acids is 1. The van der Waals surface area contributed by atoms with Gasteiger partial charge in [0.15, 0.2) is 0 Å². The molecule has 0 bridgehead atoms. The maximum Gasteiger partial charge on any atom is 0.254 e. The molecule has 1 aromatic rings. The smallest absolute Gasteiger partial charge is 0.254 e. The van der Waals surface area contributed by atoms with Crippen LogP contribution < -0.4 is 10.1 Å². The molecule has 2 rings (SSSR count). The molecule has 0 saturated carbocycles. The van der Waals surface area contributed by atoms with E-state index in [-0.39, 0.29) is 5.91 Å². The SMILES string of the molecule is CCOc1cc(C)c(C(=O)N2CCCNCC2)cc1C. The highest BCUT2D eigenvalue weighted by Gasteiger charge is 2.19. The molecule has 0 atom stereocenters. The van der Waals surface area contributed by atoms with Crippen molar-refractivity contribution in [3.8, 4) is 5.75 Å². The Morgan fingerprint density at radius 2 is 2.05 bits per heavy atom. The lowest BCUT2D eigenvalue weighted by molar-refractivity contribution is 0.0765. The van der Waals surface area contributed by atoms with Crippen LogP contribution in [0.3, 0.4) is 0 Å². The highest BCUT2D eigenvalue weighted by Crippen LogP contribution is 2.24. The van der Waals surface area contributed by atoms with Crippen molar-refractivity contribution in [3.05, 3.63) is 28.8 Å². The van der Waals surface area contributed by atoms with Gasteiger partial charge in [0.1, 0.15) is 5.75 Å². The summed E-state index contributed by atoms with van der Waals surface area (Å²) in [5.41, 5.74) is 2.81. The van der Waals surface area contributed by atoms with Crippen molar-refractivity contribution in [3.63, 3.8) is 0 Å². The molecule has 110 valence electrons. The first-order valence-electron chi connectivity index (χ1n) is 7.37. The molecule has 1 amide bonds. The molecule has 4 heteroatoms. The molecule has 1 aromatic carbocycles. The van der Waals surface area contributed by atoms with Crippen LogP contribution in [0.25, 0.3) is 0 Å². The van der Waals surface area contributed by atoms with Crippen molar-refractivity contribution in [2.75, 3.05) is 32.8 Å². The van der Waals surface area contributed by atoms with E-state index in [9.17, 15) is 4.79 Å². The lowest BCUT2D eigenvalue weighted by atomic mass is 10.0. The summed E-state index contributed by atoms with van der Waals surface area (Å²) in [4.78, 5) is 14.6. The fourth-order valence-corrected chi connectivity index (χ4v) is 2.55. The van der Waals surface area contributed by atoms with Crippen LogP contribution in [0.2, 0.25) is 0 Å². The molecule has 0 spiro atoms. The minimum Gasteiger partial charge on any atom is -0.494 e. The molecular formula is C16H24N2O2. The summed E-state index contributed by atoms with van der Waals surface area (Å²) in [7, 11) is 0. The summed E-state index contributed by atoms with van der Waals surface area (Å²) in [5, 5.41) is 3.32. The van der Waals surface area contributed by atoms with Crippen molar-refractivity contribution in [2.24, 2.45) is 0 Å². The third-order valence-corrected chi connectivity index (χ3v) is 3.68. The second-order valence-electron chi connectivity index (χ2n) is 5.26. The number of ether oxygens (including phenoxy) is 1. The zero-order chi connectivity index (χ0) is 14.5. The standard InChI is InChI=1S/C16H24N2O2/c1-4-20-15-11-12(2)14(10-13(15)3)16(19)18-8-5-6-17-7-9-18/h10-11,17H,4-9H2,1-3H3. The minimum atomic E-state index is 0.136. The van der Waals surface area contributed by atoms with Gasteiger partial charge in [0.25, 0.3) is 5.91 Å². The Kier molecular flexibility index (Phi) is 5.01. The number of aryl methyl sites for hydroxylation is 2. The van der Waals surface area contributed by atoms with E-state index in [1.165, 1.54) is 0 Å². The van der Waals surface area contributed by atoms with E-state index >= 15 is 0 Å². The van der Waals surface area contributed by atoms with Crippen molar-refractivity contribution in [1.82, 2.24) is 10.2 Å². The number of carbonyl (C=O) groups is 1. The Balaban J connectivity index is 2.22. The Morgan fingerprint density at radius 1 is 1.25 bits per heavy atom. The summed E-state index contributed by atoms with van der Waals surface area (Å²) in [6.45, 7) is 10.1. The van der Waals surface area contributed by atoms with Gasteiger partial charge in [-0.05, 0) is 57.0 Å². The van der Waals surface area contributed by atoms with Gasteiger partial charge in [-0.25, -0.2) is 0 Å². The molecule has 4 nitrogen and oxygen atoms in total. The lowest BCUT2D eigenvalue weighted by Crippen LogP contribution is -2.34. The average molecular weight is 276 g/mol. The van der Waals surface area contributed by atoms with E-state index in [2.05, 4.69) is 5.32 Å². The number of rotatable bonds is 3. The Hall–Kier alpha value is -1.55. The van der Waals surface area contributed by atoms with Gasteiger partial charge in [-0.15, -0.1) is 0 Å². The number of benzene rings is 1. The van der Waals surface area contributed by atoms with Gasteiger partial charge in [-0.1, -0.05) is 0 Å². The number of amides is 1. The van der Waals surface area contributed by atoms with Crippen LogP contribution in [0.4, 0.5) is 0 Å². The molecule has 0 aliphatic carbocycles. The van der Waals surface area contributed by atoms with Gasteiger partial charge < -0.3 is 15.0 Å². The fourth-order valence-electron chi connectivity index (χ4n) is 2.55. The zero-order valence-corrected chi connectivity index (χ0v) is 12.7. The normalized spacial score (nSPS) is 15.8. The average Bonchev–Trinajstić information content (AvgIpc) is 2.71. The van der Waals surface area contributed by atoms with Gasteiger partial charge in [-0.2, -0.15) is 0 Å². The molecule has 1 saturated heterocycles. The van der Waals surface area contributed by atoms with E-state index in [1.54, 1.807) is 0 Å². The predicted octanol–water partition coefficient (Wildman–Crippen LogP) is 2.14.